The van der Waals surface area contributed by atoms with Gasteiger partial charge >= 0.3 is 0 Å². The number of guanidine groups is 1. The number of furan rings is 1. The second kappa shape index (κ2) is 10.5. The molecule has 0 bridgehead atoms. The lowest BCUT2D eigenvalue weighted by Gasteiger charge is -2.34. The molecule has 0 saturated carbocycles. The fraction of sp³-hybridized carbons (Fsp3) is 0.737. The molecule has 3 rings (SSSR count). The summed E-state index contributed by atoms with van der Waals surface area (Å²) in [5.41, 5.74) is -0.0785. The van der Waals surface area contributed by atoms with Gasteiger partial charge in [-0.2, -0.15) is 0 Å². The molecule has 1 aromatic rings. The Hall–Kier alpha value is -0.800. The van der Waals surface area contributed by atoms with E-state index in [1.807, 2.05) is 13.1 Å². The molecule has 2 aliphatic rings. The number of halogens is 1. The van der Waals surface area contributed by atoms with Crippen molar-refractivity contribution in [1.29, 1.82) is 0 Å². The predicted molar refractivity (Wildman–Crippen MR) is 115 cm³/mol. The lowest BCUT2D eigenvalue weighted by atomic mass is 10.0. The Labute approximate surface area is 174 Å². The van der Waals surface area contributed by atoms with E-state index >= 15 is 0 Å². The third-order valence-corrected chi connectivity index (χ3v) is 5.32. The van der Waals surface area contributed by atoms with Gasteiger partial charge in [-0.3, -0.25) is 9.89 Å². The lowest BCUT2D eigenvalue weighted by Crippen LogP contribution is -2.48. The fourth-order valence-electron chi connectivity index (χ4n) is 3.78. The van der Waals surface area contributed by atoms with Crippen LogP contribution in [0, 0.1) is 0 Å². The van der Waals surface area contributed by atoms with Gasteiger partial charge in [-0.25, -0.2) is 0 Å². The van der Waals surface area contributed by atoms with E-state index in [0.29, 0.717) is 0 Å². The van der Waals surface area contributed by atoms with Gasteiger partial charge in [0.1, 0.15) is 5.76 Å². The van der Waals surface area contributed by atoms with Crippen LogP contribution in [0.1, 0.15) is 50.8 Å². The molecular formula is C19H33IN4O2. The van der Waals surface area contributed by atoms with Crippen LogP contribution in [-0.2, 0) is 4.74 Å². The van der Waals surface area contributed by atoms with Crippen LogP contribution < -0.4 is 10.6 Å². The van der Waals surface area contributed by atoms with Gasteiger partial charge in [-0.15, -0.1) is 24.0 Å². The van der Waals surface area contributed by atoms with Gasteiger partial charge in [0.25, 0.3) is 0 Å². The minimum absolute atomic E-state index is 0. The third kappa shape index (κ3) is 5.85. The maximum Gasteiger partial charge on any atom is 0.191 e. The first-order chi connectivity index (χ1) is 12.2. The monoisotopic (exact) mass is 476 g/mol. The van der Waals surface area contributed by atoms with E-state index in [0.717, 1.165) is 57.3 Å². The van der Waals surface area contributed by atoms with Crippen LogP contribution in [0.25, 0.3) is 0 Å². The highest BCUT2D eigenvalue weighted by atomic mass is 127. The molecule has 2 aliphatic heterocycles. The van der Waals surface area contributed by atoms with Gasteiger partial charge in [0.05, 0.1) is 17.9 Å². The van der Waals surface area contributed by atoms with Crippen molar-refractivity contribution in [2.75, 3.05) is 39.8 Å². The van der Waals surface area contributed by atoms with Gasteiger partial charge < -0.3 is 19.8 Å². The minimum Gasteiger partial charge on any atom is -0.468 e. The number of aliphatic imine (C=N–C) groups is 1. The van der Waals surface area contributed by atoms with Crippen LogP contribution in [-0.4, -0.2) is 56.3 Å². The topological polar surface area (TPSA) is 62.0 Å². The van der Waals surface area contributed by atoms with Crippen molar-refractivity contribution < 1.29 is 9.15 Å². The molecule has 2 N–H and O–H groups in total. The maximum atomic E-state index is 5.85. The van der Waals surface area contributed by atoms with Crippen LogP contribution in [0.4, 0.5) is 0 Å². The first kappa shape index (κ1) is 21.5. The number of ether oxygens (including phenoxy) is 1. The van der Waals surface area contributed by atoms with E-state index in [1.54, 1.807) is 6.26 Å². The van der Waals surface area contributed by atoms with E-state index < -0.39 is 0 Å². The van der Waals surface area contributed by atoms with Crippen LogP contribution in [0.2, 0.25) is 0 Å². The van der Waals surface area contributed by atoms with Crippen molar-refractivity contribution in [2.24, 2.45) is 4.99 Å². The Balaban J connectivity index is 0.00000243. The molecule has 26 heavy (non-hydrogen) atoms. The number of likely N-dealkylation sites (tertiary alicyclic amines) is 1. The van der Waals surface area contributed by atoms with Crippen LogP contribution >= 0.6 is 24.0 Å². The average molecular weight is 476 g/mol. The number of piperidine rings is 1. The summed E-state index contributed by atoms with van der Waals surface area (Å²) in [6.45, 7) is 6.85. The molecule has 2 unspecified atom stereocenters. The Morgan fingerprint density at radius 2 is 2.08 bits per heavy atom. The van der Waals surface area contributed by atoms with Crippen molar-refractivity contribution in [2.45, 2.75) is 50.7 Å². The predicted octanol–water partition coefficient (Wildman–Crippen LogP) is 3.16. The Morgan fingerprint density at radius 3 is 2.69 bits per heavy atom. The second-order valence-corrected chi connectivity index (χ2v) is 7.34. The van der Waals surface area contributed by atoms with Gasteiger partial charge in [-0.1, -0.05) is 6.42 Å². The molecule has 2 atom stereocenters. The Morgan fingerprint density at radius 1 is 1.27 bits per heavy atom. The zero-order valence-corrected chi connectivity index (χ0v) is 18.3. The van der Waals surface area contributed by atoms with Gasteiger partial charge in [0, 0.05) is 26.7 Å². The highest BCUT2D eigenvalue weighted by molar-refractivity contribution is 14.0. The first-order valence-corrected chi connectivity index (χ1v) is 9.56. The van der Waals surface area contributed by atoms with Gasteiger partial charge in [-0.05, 0) is 57.8 Å². The highest BCUT2D eigenvalue weighted by Crippen LogP contribution is 2.25. The largest absolute Gasteiger partial charge is 0.468 e. The first-order valence-electron chi connectivity index (χ1n) is 9.56. The zero-order chi connectivity index (χ0) is 17.5. The molecule has 1 aromatic heterocycles. The van der Waals surface area contributed by atoms with Gasteiger partial charge in [0.15, 0.2) is 5.96 Å². The van der Waals surface area contributed by atoms with Crippen molar-refractivity contribution in [3.63, 3.8) is 0 Å². The molecule has 0 aliphatic carbocycles. The van der Waals surface area contributed by atoms with E-state index in [9.17, 15) is 0 Å². The molecule has 6 nitrogen and oxygen atoms in total. The Kier molecular flexibility index (Phi) is 8.69. The molecule has 2 fully saturated rings. The molecule has 0 amide bonds. The molecule has 3 heterocycles. The summed E-state index contributed by atoms with van der Waals surface area (Å²) in [6.07, 6.45) is 7.85. The molecular weight excluding hydrogens is 443 g/mol. The van der Waals surface area contributed by atoms with Crippen LogP contribution in [0.3, 0.4) is 0 Å². The smallest absolute Gasteiger partial charge is 0.191 e. The average Bonchev–Trinajstić information content (AvgIpc) is 3.31. The van der Waals surface area contributed by atoms with Crippen LogP contribution in [0.5, 0.6) is 0 Å². The summed E-state index contributed by atoms with van der Waals surface area (Å²) in [4.78, 5) is 6.89. The summed E-state index contributed by atoms with van der Waals surface area (Å²) in [5, 5.41) is 6.90. The number of nitrogens with zero attached hydrogens (tertiary/aromatic N) is 2. The highest BCUT2D eigenvalue weighted by Gasteiger charge is 2.30. The van der Waals surface area contributed by atoms with Crippen molar-refractivity contribution >= 4 is 29.9 Å². The molecule has 7 heteroatoms. The number of hydrogen-bond acceptors (Lipinski definition) is 4. The second-order valence-electron chi connectivity index (χ2n) is 7.34. The van der Waals surface area contributed by atoms with E-state index in [-0.39, 0.29) is 35.6 Å². The molecule has 148 valence electrons. The molecule has 0 aromatic carbocycles. The Bertz CT molecular complexity index is 538. The normalized spacial score (nSPS) is 25.5. The summed E-state index contributed by atoms with van der Waals surface area (Å²) >= 11 is 0. The third-order valence-electron chi connectivity index (χ3n) is 5.32. The summed E-state index contributed by atoms with van der Waals surface area (Å²) in [6, 6.07) is 4.29. The van der Waals surface area contributed by atoms with Gasteiger partial charge in [0.2, 0.25) is 0 Å². The lowest BCUT2D eigenvalue weighted by molar-refractivity contribution is 0.0242. The molecule has 0 radical (unpaired) electrons. The van der Waals surface area contributed by atoms with Crippen LogP contribution in [0.15, 0.2) is 27.8 Å². The van der Waals surface area contributed by atoms with E-state index in [4.69, 9.17) is 9.15 Å². The standard InChI is InChI=1S/C19H32N4O2.HI/c1-19(9-7-13-25-19)15-22-18(20-2)21-14-16(17-8-6-12-24-17)23-10-4-3-5-11-23;/h6,8,12,16H,3-5,7,9-11,13-15H2,1-2H3,(H2,20,21,22);1H. The summed E-state index contributed by atoms with van der Waals surface area (Å²) in [5.74, 6) is 1.85. The SMILES string of the molecule is CN=C(NCC(c1ccco1)N1CCCCC1)NCC1(C)CCCO1.I. The number of rotatable bonds is 6. The maximum absolute atomic E-state index is 5.85. The van der Waals surface area contributed by atoms with Crippen molar-refractivity contribution in [1.82, 2.24) is 15.5 Å². The van der Waals surface area contributed by atoms with Crippen molar-refractivity contribution in [3.8, 4) is 0 Å². The summed E-state index contributed by atoms with van der Waals surface area (Å²) in [7, 11) is 1.82. The number of hydrogen-bond donors (Lipinski definition) is 2. The minimum atomic E-state index is -0.0785. The molecule has 0 spiro atoms. The van der Waals surface area contributed by atoms with E-state index in [2.05, 4.69) is 33.5 Å². The van der Waals surface area contributed by atoms with Crippen molar-refractivity contribution in [3.05, 3.63) is 24.2 Å². The quantitative estimate of drug-likeness (QED) is 0.375. The molecule has 2 saturated heterocycles. The number of nitrogens with one attached hydrogen (secondary N) is 2. The zero-order valence-electron chi connectivity index (χ0n) is 16.0. The summed E-state index contributed by atoms with van der Waals surface area (Å²) < 4.78 is 11.6. The fourth-order valence-corrected chi connectivity index (χ4v) is 3.78. The van der Waals surface area contributed by atoms with E-state index in [1.165, 1.54) is 19.3 Å².